The summed E-state index contributed by atoms with van der Waals surface area (Å²) < 4.78 is 36.4. The van der Waals surface area contributed by atoms with Gasteiger partial charge in [0.1, 0.15) is 0 Å². The van der Waals surface area contributed by atoms with Gasteiger partial charge in [-0.1, -0.05) is 6.07 Å². The number of hydrogen-bond acceptors (Lipinski definition) is 5. The van der Waals surface area contributed by atoms with Crippen molar-refractivity contribution >= 4 is 14.5 Å². The highest BCUT2D eigenvalue weighted by atomic mass is 31.2. The molecule has 0 radical (unpaired) electrons. The summed E-state index contributed by atoms with van der Waals surface area (Å²) in [4.78, 5) is 21.0. The zero-order chi connectivity index (χ0) is 16.2. The highest BCUT2D eigenvalue weighted by Crippen LogP contribution is 2.21. The van der Waals surface area contributed by atoms with Gasteiger partial charge in [-0.25, -0.2) is 4.79 Å². The number of rotatable bonds is 2. The molecule has 0 saturated carbocycles. The molecule has 0 fully saturated rings. The van der Waals surface area contributed by atoms with Gasteiger partial charge in [-0.2, -0.15) is 13.2 Å². The number of pyridine rings is 1. The van der Waals surface area contributed by atoms with Gasteiger partial charge in [0.05, 0.1) is 6.10 Å². The predicted molar refractivity (Wildman–Crippen MR) is 67.5 cm³/mol. The lowest BCUT2D eigenvalue weighted by atomic mass is 10.5. The highest BCUT2D eigenvalue weighted by molar-refractivity contribution is 7.43. The molecule has 116 valence electrons. The van der Waals surface area contributed by atoms with E-state index in [1.807, 2.05) is 32.0 Å². The third-order valence-electron chi connectivity index (χ3n) is 1.13. The fourth-order valence-electron chi connectivity index (χ4n) is 0.529. The lowest BCUT2D eigenvalue weighted by Gasteiger charge is -2.06. The van der Waals surface area contributed by atoms with Crippen LogP contribution in [-0.4, -0.2) is 33.2 Å². The van der Waals surface area contributed by atoms with Crippen molar-refractivity contribution in [3.63, 3.8) is 0 Å². The van der Waals surface area contributed by atoms with Crippen LogP contribution in [0.4, 0.5) is 13.2 Å². The van der Waals surface area contributed by atoms with Gasteiger partial charge in [0, 0.05) is 12.4 Å². The second-order valence-corrected chi connectivity index (χ2v) is 4.10. The summed E-state index contributed by atoms with van der Waals surface area (Å²) >= 11 is 0. The standard InChI is InChI=1S/C5H5N.C3H10NO2P.C2HF3O2/c1-2-4-6-5-3-1;1-3(2)6-7(4)5;3-2(4,5)1(6)7/h1-5H;3,5H,4H2,1-2H3;(H,6,7). The number of alkyl halides is 3. The molecule has 10 heteroatoms. The summed E-state index contributed by atoms with van der Waals surface area (Å²) in [5.74, 6) is -2.76. The van der Waals surface area contributed by atoms with Crippen LogP contribution in [-0.2, 0) is 9.32 Å². The summed E-state index contributed by atoms with van der Waals surface area (Å²) in [7, 11) is -1.64. The van der Waals surface area contributed by atoms with Gasteiger partial charge in [-0.15, -0.1) is 0 Å². The monoisotopic (exact) mass is 316 g/mol. The molecule has 0 spiro atoms. The van der Waals surface area contributed by atoms with Crippen LogP contribution in [0.1, 0.15) is 13.8 Å². The molecule has 1 aromatic heterocycles. The van der Waals surface area contributed by atoms with Crippen LogP contribution in [0.2, 0.25) is 0 Å². The smallest absolute Gasteiger partial charge is 0.475 e. The second kappa shape index (κ2) is 11.5. The van der Waals surface area contributed by atoms with Gasteiger partial charge in [0.25, 0.3) is 0 Å². The number of carboxylic acid groups (broad SMARTS) is 1. The van der Waals surface area contributed by atoms with Gasteiger partial charge >= 0.3 is 12.1 Å². The third kappa shape index (κ3) is 19.1. The number of hydrogen-bond donors (Lipinski definition) is 3. The Morgan fingerprint density at radius 3 is 1.75 bits per heavy atom. The molecule has 4 N–H and O–H groups in total. The van der Waals surface area contributed by atoms with E-state index in [0.717, 1.165) is 0 Å². The molecule has 1 atom stereocenters. The van der Waals surface area contributed by atoms with Crippen molar-refractivity contribution in [1.29, 1.82) is 0 Å². The largest absolute Gasteiger partial charge is 0.490 e. The first kappa shape index (κ1) is 21.0. The lowest BCUT2D eigenvalue weighted by molar-refractivity contribution is -0.192. The molecule has 0 amide bonds. The Morgan fingerprint density at radius 1 is 1.30 bits per heavy atom. The molecule has 0 bridgehead atoms. The van der Waals surface area contributed by atoms with E-state index in [4.69, 9.17) is 20.3 Å². The van der Waals surface area contributed by atoms with Crippen molar-refractivity contribution in [1.82, 2.24) is 4.98 Å². The first-order valence-corrected chi connectivity index (χ1v) is 6.41. The molecular formula is C10H16F3N2O4P. The summed E-state index contributed by atoms with van der Waals surface area (Å²) in [5.41, 5.74) is 4.89. The van der Waals surface area contributed by atoms with E-state index in [0.29, 0.717) is 0 Å². The maximum absolute atomic E-state index is 10.6. The normalized spacial score (nSPS) is 11.6. The fourth-order valence-corrected chi connectivity index (χ4v) is 0.961. The van der Waals surface area contributed by atoms with E-state index < -0.39 is 20.7 Å². The minimum Gasteiger partial charge on any atom is -0.475 e. The average Bonchev–Trinajstić information content (AvgIpc) is 2.29. The first-order chi connectivity index (χ1) is 9.07. The fraction of sp³-hybridized carbons (Fsp3) is 0.400. The number of nitrogens with zero attached hydrogens (tertiary/aromatic N) is 1. The summed E-state index contributed by atoms with van der Waals surface area (Å²) in [6.07, 6.45) is -1.55. The highest BCUT2D eigenvalue weighted by Gasteiger charge is 2.38. The van der Waals surface area contributed by atoms with Gasteiger partial charge in [0.2, 0.25) is 8.53 Å². The van der Waals surface area contributed by atoms with E-state index in [1.54, 1.807) is 12.4 Å². The minimum absolute atomic E-state index is 0.0288. The Morgan fingerprint density at radius 2 is 1.70 bits per heavy atom. The van der Waals surface area contributed by atoms with Gasteiger partial charge < -0.3 is 14.5 Å². The van der Waals surface area contributed by atoms with E-state index in [9.17, 15) is 13.2 Å². The van der Waals surface area contributed by atoms with Crippen LogP contribution < -0.4 is 5.50 Å². The molecule has 1 rings (SSSR count). The summed E-state index contributed by atoms with van der Waals surface area (Å²) in [6, 6.07) is 5.72. The molecule has 1 aromatic rings. The van der Waals surface area contributed by atoms with Crippen LogP contribution in [0, 0.1) is 0 Å². The van der Waals surface area contributed by atoms with Gasteiger partial charge in [0.15, 0.2) is 0 Å². The molecule has 6 nitrogen and oxygen atoms in total. The van der Waals surface area contributed by atoms with Crippen LogP contribution in [0.3, 0.4) is 0 Å². The Bertz CT molecular complexity index is 317. The van der Waals surface area contributed by atoms with Crippen LogP contribution in [0.15, 0.2) is 30.6 Å². The molecule has 0 aromatic carbocycles. The predicted octanol–water partition coefficient (Wildman–Crippen LogP) is 2.30. The molecule has 0 aliphatic rings. The van der Waals surface area contributed by atoms with E-state index in [1.165, 1.54) is 0 Å². The van der Waals surface area contributed by atoms with Crippen molar-refractivity contribution in [2.24, 2.45) is 5.50 Å². The molecule has 20 heavy (non-hydrogen) atoms. The summed E-state index contributed by atoms with van der Waals surface area (Å²) in [6.45, 7) is 3.64. The number of carbonyl (C=O) groups is 1. The topological polar surface area (TPSA) is 106 Å². The van der Waals surface area contributed by atoms with Gasteiger partial charge in [-0.05, 0) is 26.0 Å². The minimum atomic E-state index is -5.08. The van der Waals surface area contributed by atoms with Crippen LogP contribution in [0.5, 0.6) is 0 Å². The molecule has 0 aliphatic heterocycles. The Balaban J connectivity index is 0. The third-order valence-corrected chi connectivity index (χ3v) is 1.77. The average molecular weight is 316 g/mol. The number of aromatic nitrogens is 1. The number of aliphatic carboxylic acids is 1. The Hall–Kier alpha value is -1.28. The maximum atomic E-state index is 10.6. The lowest BCUT2D eigenvalue weighted by Crippen LogP contribution is -2.21. The van der Waals surface area contributed by atoms with Crippen molar-refractivity contribution in [2.45, 2.75) is 26.1 Å². The zero-order valence-corrected chi connectivity index (χ0v) is 11.7. The van der Waals surface area contributed by atoms with Crippen molar-refractivity contribution < 1.29 is 32.5 Å². The summed E-state index contributed by atoms with van der Waals surface area (Å²) in [5, 5.41) is 7.12. The number of halogens is 3. The van der Waals surface area contributed by atoms with Crippen molar-refractivity contribution in [2.75, 3.05) is 0 Å². The van der Waals surface area contributed by atoms with E-state index >= 15 is 0 Å². The first-order valence-electron chi connectivity index (χ1n) is 5.13. The molecular weight excluding hydrogens is 300 g/mol. The van der Waals surface area contributed by atoms with E-state index in [2.05, 4.69) is 9.51 Å². The van der Waals surface area contributed by atoms with Gasteiger partial charge in [-0.3, -0.25) is 10.5 Å². The maximum Gasteiger partial charge on any atom is 0.490 e. The molecule has 1 heterocycles. The molecule has 0 saturated heterocycles. The zero-order valence-electron chi connectivity index (χ0n) is 10.8. The Labute approximate surface area is 115 Å². The number of carboxylic acids is 1. The SMILES string of the molecule is CC(C)OP(N)O.O=C(O)C(F)(F)F.c1ccncc1. The number of nitrogens with two attached hydrogens (primary N) is 1. The van der Waals surface area contributed by atoms with Crippen molar-refractivity contribution in [3.05, 3.63) is 30.6 Å². The van der Waals surface area contributed by atoms with Crippen LogP contribution in [0.25, 0.3) is 0 Å². The second-order valence-electron chi connectivity index (χ2n) is 3.28. The quantitative estimate of drug-likeness (QED) is 0.723. The van der Waals surface area contributed by atoms with E-state index in [-0.39, 0.29) is 6.10 Å². The Kier molecular flexibility index (Phi) is 12.1. The molecule has 1 unspecified atom stereocenters. The van der Waals surface area contributed by atoms with Crippen LogP contribution >= 0.6 is 8.53 Å². The van der Waals surface area contributed by atoms with Crippen molar-refractivity contribution in [3.8, 4) is 0 Å². The molecule has 0 aliphatic carbocycles.